The Labute approximate surface area is 696 Å². The van der Waals surface area contributed by atoms with Crippen LogP contribution in [-0.4, -0.2) is 178 Å². The number of hydrogen-bond acceptors (Lipinski definition) is 25. The first kappa shape index (κ1) is 94.1. The lowest BCUT2D eigenvalue weighted by Crippen LogP contribution is -2.67. The molecule has 38 heteroatoms. The number of hydrogen-bond donors (Lipinski definition) is 8. The van der Waals surface area contributed by atoms with Gasteiger partial charge in [0.1, 0.15) is 40.2 Å². The monoisotopic (exact) mass is 1770 g/mol. The predicted octanol–water partition coefficient (Wildman–Crippen LogP) is 11.2. The fraction of sp³-hybridized carbons (Fsp3) is 0.350. The first-order valence-corrected chi connectivity index (χ1v) is 45.0. The molecule has 0 spiro atoms. The molecule has 0 saturated carbocycles. The maximum Gasteiger partial charge on any atom is 0.277 e. The second kappa shape index (κ2) is 42.0. The number of unbranched alkanes of at least 4 members (excludes halogenated alkanes) is 1. The summed E-state index contributed by atoms with van der Waals surface area (Å²) in [5.74, 6) is -1.17. The molecule has 8 aromatic rings. The summed E-state index contributed by atoms with van der Waals surface area (Å²) in [5.41, 5.74) is 5.23. The van der Waals surface area contributed by atoms with Gasteiger partial charge in [0.15, 0.2) is 35.7 Å². The lowest BCUT2D eigenvalue weighted by atomic mass is 9.81. The third-order valence-electron chi connectivity index (χ3n) is 19.8. The van der Waals surface area contributed by atoms with Crippen molar-refractivity contribution >= 4 is 96.4 Å². The minimum Gasteiger partial charge on any atom is -0.497 e. The average molecular weight is 1770 g/mol. The van der Waals surface area contributed by atoms with E-state index in [9.17, 15) is 66.5 Å². The number of methoxy groups -OCH3 is 3. The summed E-state index contributed by atoms with van der Waals surface area (Å²) in [6, 6.07) is 52.6. The van der Waals surface area contributed by atoms with Gasteiger partial charge in [0.2, 0.25) is 31.9 Å². The number of nitrogens with one attached hydrogen (secondary N) is 4. The highest BCUT2D eigenvalue weighted by Gasteiger charge is 2.53. The number of rotatable bonds is 29. The van der Waals surface area contributed by atoms with Gasteiger partial charge in [-0.2, -0.15) is 8.61 Å². The Morgan fingerprint density at radius 3 is 1.27 bits per heavy atom. The molecule has 0 radical (unpaired) electrons. The molecule has 0 aromatic heterocycles. The molecule has 8 aromatic carbocycles. The Hall–Kier alpha value is -9.35. The molecule has 4 amide bonds. The molecule has 638 valence electrons. The van der Waals surface area contributed by atoms with Gasteiger partial charge in [0.25, 0.3) is 11.8 Å². The van der Waals surface area contributed by atoms with E-state index in [-0.39, 0.29) is 96.1 Å². The smallest absolute Gasteiger partial charge is 0.277 e. The van der Waals surface area contributed by atoms with Gasteiger partial charge in [-0.15, -0.1) is 0 Å². The first-order chi connectivity index (χ1) is 56.0. The van der Waals surface area contributed by atoms with Crippen molar-refractivity contribution in [2.75, 3.05) is 66.6 Å². The van der Waals surface area contributed by atoms with E-state index in [0.717, 1.165) is 21.5 Å². The minimum atomic E-state index is -4.37. The summed E-state index contributed by atoms with van der Waals surface area (Å²) in [6.07, 6.45) is 1.22. The summed E-state index contributed by atoms with van der Waals surface area (Å²) in [5, 5.41) is 36.5. The molecule has 11 rings (SSSR count). The van der Waals surface area contributed by atoms with Crippen LogP contribution in [0.5, 0.6) is 40.2 Å². The van der Waals surface area contributed by atoms with Crippen molar-refractivity contribution < 1.29 is 115 Å². The number of halogens is 2. The lowest BCUT2D eigenvalue weighted by molar-refractivity contribution is -0.143. The van der Waals surface area contributed by atoms with Crippen LogP contribution in [-0.2, 0) is 84.6 Å². The second-order valence-corrected chi connectivity index (χ2v) is 39.5. The van der Waals surface area contributed by atoms with Crippen LogP contribution in [0, 0.1) is 16.7 Å². The van der Waals surface area contributed by atoms with E-state index in [2.05, 4.69) is 0 Å². The fourth-order valence-electron chi connectivity index (χ4n) is 13.2. The standard InChI is InChI=1S/C21H27N3O8S2.C21H27NO5S.2C19H20ClNO6S/c1-21(2)13-23(33(27,28)17-9-5-15(31-3)6-10-17)20(19(25)22-26)24(14-21)34(29,30)18-11-7-16(32-4)8-12-18;1-16(21(23)22-24)20(11-7-6-10-17-8-4-3-5-9-17)28(25,26)19-14-12-18(27-2)13-15-19;20-14-1-3-15(4-2-14)27-16-5-7-17(8-6-16)28(24,25)13-19(18(22)21-23)9-11-26-12-10-19;20-14-1-3-15(4-2-14)27-16-5-7-17(8-6-16)28(24,25)19(13-18(22)21-23)9-11-26-12-10-19/h5-12,20,26H,13-14H2,1-4H3,(H,22,25);3-5,8-9,12-16,20,24H,6-7,10-11H2,1-2H3,(H,22,23);2*1-8,23H,9-13H2,(H,21,22)/t;16-,20-;;/m.1../s1. The van der Waals surface area contributed by atoms with E-state index in [1.807, 2.05) is 30.3 Å². The summed E-state index contributed by atoms with van der Waals surface area (Å²) < 4.78 is 170. The molecule has 3 fully saturated rings. The molecule has 3 aliphatic heterocycles. The van der Waals surface area contributed by atoms with Crippen LogP contribution >= 0.6 is 23.2 Å². The second-order valence-electron chi connectivity index (χ2n) is 28.4. The minimum absolute atomic E-state index is 0.0764. The highest BCUT2D eigenvalue weighted by Crippen LogP contribution is 2.41. The largest absolute Gasteiger partial charge is 0.497 e. The van der Waals surface area contributed by atoms with Gasteiger partial charge in [-0.05, 0) is 226 Å². The summed E-state index contributed by atoms with van der Waals surface area (Å²) >= 11 is 11.7. The number of benzene rings is 8. The molecule has 31 nitrogen and oxygen atoms in total. The molecule has 8 N–H and O–H groups in total. The van der Waals surface area contributed by atoms with Gasteiger partial charge in [0, 0.05) is 56.0 Å². The third kappa shape index (κ3) is 24.2. The Kier molecular flexibility index (Phi) is 33.5. The maximum atomic E-state index is 13.6. The number of amides is 4. The number of sulfonamides is 2. The van der Waals surface area contributed by atoms with Crippen molar-refractivity contribution in [1.82, 2.24) is 30.5 Å². The predicted molar refractivity (Wildman–Crippen MR) is 433 cm³/mol. The van der Waals surface area contributed by atoms with Crippen LogP contribution in [0.4, 0.5) is 0 Å². The highest BCUT2D eigenvalue weighted by molar-refractivity contribution is 7.93. The maximum absolute atomic E-state index is 13.6. The number of sulfone groups is 3. The highest BCUT2D eigenvalue weighted by atomic mass is 35.5. The number of ether oxygens (including phenoxy) is 7. The van der Waals surface area contributed by atoms with Crippen LogP contribution < -0.4 is 45.6 Å². The quantitative estimate of drug-likeness (QED) is 0.0123. The van der Waals surface area contributed by atoms with E-state index in [4.69, 9.17) is 72.0 Å². The van der Waals surface area contributed by atoms with Crippen LogP contribution in [0.3, 0.4) is 0 Å². The van der Waals surface area contributed by atoms with E-state index >= 15 is 0 Å². The number of carbonyl (C=O) groups is 4. The average Bonchev–Trinajstić information content (AvgIpc) is 0.738. The number of nitrogens with zero attached hydrogens (tertiary/aromatic N) is 2. The third-order valence-corrected chi connectivity index (χ3v) is 30.8. The van der Waals surface area contributed by atoms with E-state index < -0.39 is 112 Å². The number of aryl methyl sites for hydroxylation is 1. The molecule has 3 aliphatic rings. The topological polar surface area (TPSA) is 439 Å². The van der Waals surface area contributed by atoms with Crippen molar-refractivity contribution in [1.29, 1.82) is 0 Å². The Morgan fingerprint density at radius 1 is 0.483 bits per heavy atom. The van der Waals surface area contributed by atoms with Gasteiger partial charge < -0.3 is 33.2 Å². The Morgan fingerprint density at radius 2 is 0.873 bits per heavy atom. The molecular formula is C80H94Cl2N6O25S5. The zero-order valence-corrected chi connectivity index (χ0v) is 70.7. The summed E-state index contributed by atoms with van der Waals surface area (Å²) in [6.45, 7) is 5.54. The summed E-state index contributed by atoms with van der Waals surface area (Å²) in [4.78, 5) is 48.6. The molecule has 0 bridgehead atoms. The van der Waals surface area contributed by atoms with Crippen molar-refractivity contribution in [2.24, 2.45) is 16.7 Å². The van der Waals surface area contributed by atoms with Crippen molar-refractivity contribution in [3.63, 3.8) is 0 Å². The molecule has 118 heavy (non-hydrogen) atoms. The van der Waals surface area contributed by atoms with Crippen molar-refractivity contribution in [3.05, 3.63) is 216 Å². The summed E-state index contributed by atoms with van der Waals surface area (Å²) in [7, 11) is -15.7. The zero-order chi connectivity index (χ0) is 86.3. The van der Waals surface area contributed by atoms with Gasteiger partial charge in [-0.25, -0.2) is 64.0 Å². The zero-order valence-electron chi connectivity index (χ0n) is 65.2. The molecule has 3 saturated heterocycles. The van der Waals surface area contributed by atoms with Crippen molar-refractivity contribution in [3.8, 4) is 40.2 Å². The van der Waals surface area contributed by atoms with E-state index in [0.29, 0.717) is 63.1 Å². The van der Waals surface area contributed by atoms with Gasteiger partial charge >= 0.3 is 0 Å². The van der Waals surface area contributed by atoms with Gasteiger partial charge in [0.05, 0.1) is 72.9 Å². The van der Waals surface area contributed by atoms with Gasteiger partial charge in [-0.3, -0.25) is 40.0 Å². The Bertz CT molecular complexity index is 5170. The molecule has 2 atom stereocenters. The van der Waals surface area contributed by atoms with Crippen LogP contribution in [0.1, 0.15) is 77.7 Å². The van der Waals surface area contributed by atoms with Crippen LogP contribution in [0.15, 0.2) is 225 Å². The molecule has 0 aliphatic carbocycles. The normalized spacial score (nSPS) is 16.1. The molecule has 0 unspecified atom stereocenters. The Balaban J connectivity index is 0.000000197. The van der Waals surface area contributed by atoms with Gasteiger partial charge in [-0.1, -0.05) is 80.7 Å². The molecular weight excluding hydrogens is 1680 g/mol. The van der Waals surface area contributed by atoms with E-state index in [1.54, 1.807) is 110 Å². The SMILES string of the molecule is COc1ccc(S(=O)(=O)N2CC(C)(C)CN(S(=O)(=O)c3ccc(OC)cc3)C2C(=O)NO)cc1.COc1ccc(S(=O)(=O)[C@H](CCCCc2ccccc2)[C@@H](C)C(=O)NO)cc1.O=C(CC1(S(=O)(=O)c2ccc(Oc3ccc(Cl)cc3)cc2)CCOCC1)NO.O=C(NO)C1(CS(=O)(=O)c2ccc(Oc3ccc(Cl)cc3)cc2)CCOCC1. The van der Waals surface area contributed by atoms with E-state index in [1.165, 1.54) is 130 Å². The lowest BCUT2D eigenvalue weighted by Gasteiger charge is -2.47. The first-order valence-electron chi connectivity index (χ1n) is 36.7. The van der Waals surface area contributed by atoms with Crippen LogP contribution in [0.25, 0.3) is 0 Å². The number of hydroxylamine groups is 4. The van der Waals surface area contributed by atoms with Crippen molar-refractivity contribution in [2.45, 2.75) is 119 Å². The number of carbonyl (C=O) groups excluding carboxylic acids is 4. The fourth-order valence-corrected chi connectivity index (χ4v) is 22.9. The molecule has 3 heterocycles. The van der Waals surface area contributed by atoms with Crippen LogP contribution in [0.2, 0.25) is 10.0 Å².